The van der Waals surface area contributed by atoms with Gasteiger partial charge in [-0.15, -0.1) is 0 Å². The van der Waals surface area contributed by atoms with Gasteiger partial charge in [0, 0.05) is 35.6 Å². The molecule has 3 heterocycles. The average Bonchev–Trinajstić information content (AvgIpc) is 2.73. The van der Waals surface area contributed by atoms with Crippen LogP contribution in [-0.2, 0) is 6.42 Å². The summed E-state index contributed by atoms with van der Waals surface area (Å²) in [4.78, 5) is 20.1. The smallest absolute Gasteiger partial charge is 0.336 e. The van der Waals surface area contributed by atoms with Gasteiger partial charge in [-0.3, -0.25) is 0 Å². The van der Waals surface area contributed by atoms with Gasteiger partial charge in [0.05, 0.1) is 5.69 Å². The summed E-state index contributed by atoms with van der Waals surface area (Å²) >= 11 is 0. The number of rotatable bonds is 3. The van der Waals surface area contributed by atoms with Crippen molar-refractivity contribution in [2.75, 3.05) is 0 Å². The number of fused-ring (bicyclic) bond motifs is 2. The number of aromatic nitrogens is 2. The number of halogens is 1. The molecule has 5 rings (SSSR count). The van der Waals surface area contributed by atoms with Crippen LogP contribution < -0.4 is 15.1 Å². The van der Waals surface area contributed by atoms with Crippen molar-refractivity contribution in [3.63, 3.8) is 0 Å². The summed E-state index contributed by atoms with van der Waals surface area (Å²) in [5.41, 5.74) is 2.64. The molecule has 1 atom stereocenters. The van der Waals surface area contributed by atoms with Crippen LogP contribution in [0.15, 0.2) is 64.1 Å². The highest BCUT2D eigenvalue weighted by Gasteiger charge is 2.39. The van der Waals surface area contributed by atoms with Gasteiger partial charge in [-0.2, -0.15) is 0 Å². The van der Waals surface area contributed by atoms with Crippen LogP contribution in [0.1, 0.15) is 25.0 Å². The summed E-state index contributed by atoms with van der Waals surface area (Å²) in [7, 11) is 0. The third-order valence-corrected chi connectivity index (χ3v) is 5.73. The molecule has 4 aromatic rings. The highest BCUT2D eigenvalue weighted by atomic mass is 19.1. The fourth-order valence-corrected chi connectivity index (χ4v) is 3.99. The normalized spacial score (nSPS) is 16.9. The molecule has 7 heteroatoms. The van der Waals surface area contributed by atoms with E-state index in [1.807, 2.05) is 26.8 Å². The third kappa shape index (κ3) is 3.70. The molecule has 1 aliphatic heterocycles. The standard InChI is InChI=1S/C25H21FN2O4/c1-14-8-17(26)5-6-18(14)19-11-23(28-13-27-19)31-22-10-16-9-15-4-7-24(29)30-20(15)12-21(16)32-25(22,2)3/h4-9,11-13,22H,10H2,1-3H3/t22-/m0/s1. The Bertz CT molecular complexity index is 1400. The summed E-state index contributed by atoms with van der Waals surface area (Å²) in [6, 6.07) is 13.2. The van der Waals surface area contributed by atoms with Gasteiger partial charge in [-0.05, 0) is 62.2 Å². The molecule has 0 radical (unpaired) electrons. The molecule has 162 valence electrons. The van der Waals surface area contributed by atoms with E-state index in [0.717, 1.165) is 22.1 Å². The summed E-state index contributed by atoms with van der Waals surface area (Å²) < 4.78 is 31.3. The van der Waals surface area contributed by atoms with Crippen molar-refractivity contribution in [2.45, 2.75) is 38.9 Å². The molecule has 0 bridgehead atoms. The van der Waals surface area contributed by atoms with E-state index in [9.17, 15) is 9.18 Å². The van der Waals surface area contributed by atoms with Crippen molar-refractivity contribution in [3.8, 4) is 22.9 Å². The lowest BCUT2D eigenvalue weighted by molar-refractivity contribution is -0.0287. The van der Waals surface area contributed by atoms with Gasteiger partial charge >= 0.3 is 5.63 Å². The van der Waals surface area contributed by atoms with Crippen LogP contribution in [-0.4, -0.2) is 21.7 Å². The van der Waals surface area contributed by atoms with E-state index in [4.69, 9.17) is 13.9 Å². The molecule has 0 N–H and O–H groups in total. The highest BCUT2D eigenvalue weighted by molar-refractivity contribution is 5.79. The Balaban J connectivity index is 1.46. The van der Waals surface area contributed by atoms with Crippen molar-refractivity contribution in [2.24, 2.45) is 0 Å². The Morgan fingerprint density at radius 2 is 1.94 bits per heavy atom. The molecular weight excluding hydrogens is 411 g/mol. The number of benzene rings is 2. The van der Waals surface area contributed by atoms with Crippen LogP contribution in [0.5, 0.6) is 11.6 Å². The first-order chi connectivity index (χ1) is 15.3. The monoisotopic (exact) mass is 432 g/mol. The van der Waals surface area contributed by atoms with Gasteiger partial charge in [-0.1, -0.05) is 0 Å². The zero-order chi connectivity index (χ0) is 22.5. The second-order valence-electron chi connectivity index (χ2n) is 8.47. The molecule has 0 unspecified atom stereocenters. The highest BCUT2D eigenvalue weighted by Crippen LogP contribution is 2.37. The first-order valence-electron chi connectivity index (χ1n) is 10.3. The lowest BCUT2D eigenvalue weighted by Gasteiger charge is -2.39. The zero-order valence-corrected chi connectivity index (χ0v) is 17.9. The van der Waals surface area contributed by atoms with Crippen LogP contribution in [0.3, 0.4) is 0 Å². The SMILES string of the molecule is Cc1cc(F)ccc1-c1cc(O[C@H]2Cc3cc4ccc(=O)oc4cc3OC2(C)C)ncn1. The molecule has 0 aliphatic carbocycles. The van der Waals surface area contributed by atoms with E-state index in [0.29, 0.717) is 29.3 Å². The lowest BCUT2D eigenvalue weighted by atomic mass is 9.90. The molecule has 0 fully saturated rings. The van der Waals surface area contributed by atoms with Gasteiger partial charge in [0.15, 0.2) is 0 Å². The Morgan fingerprint density at radius 3 is 2.75 bits per heavy atom. The van der Waals surface area contributed by atoms with Crippen molar-refractivity contribution >= 4 is 11.0 Å². The molecule has 0 spiro atoms. The van der Waals surface area contributed by atoms with Crippen LogP contribution >= 0.6 is 0 Å². The topological polar surface area (TPSA) is 74.5 Å². The zero-order valence-electron chi connectivity index (χ0n) is 17.9. The van der Waals surface area contributed by atoms with Crippen LogP contribution in [0, 0.1) is 12.7 Å². The van der Waals surface area contributed by atoms with Crippen LogP contribution in [0.25, 0.3) is 22.2 Å². The van der Waals surface area contributed by atoms with Gasteiger partial charge < -0.3 is 13.9 Å². The van der Waals surface area contributed by atoms with Gasteiger partial charge in [0.25, 0.3) is 0 Å². The number of aryl methyl sites for hydroxylation is 1. The first kappa shape index (κ1) is 20.2. The molecule has 0 saturated heterocycles. The minimum absolute atomic E-state index is 0.289. The second-order valence-corrected chi connectivity index (χ2v) is 8.47. The van der Waals surface area contributed by atoms with Crippen molar-refractivity contribution in [3.05, 3.63) is 82.2 Å². The predicted molar refractivity (Wildman–Crippen MR) is 117 cm³/mol. The molecule has 2 aromatic heterocycles. The maximum atomic E-state index is 13.5. The summed E-state index contributed by atoms with van der Waals surface area (Å²) in [6.45, 7) is 5.72. The Labute approximate surface area is 183 Å². The summed E-state index contributed by atoms with van der Waals surface area (Å²) in [6.07, 6.45) is 1.71. The van der Waals surface area contributed by atoms with Gasteiger partial charge in [0.1, 0.15) is 35.2 Å². The summed E-state index contributed by atoms with van der Waals surface area (Å²) in [5, 5.41) is 0.821. The van der Waals surface area contributed by atoms with E-state index in [1.54, 1.807) is 24.3 Å². The summed E-state index contributed by atoms with van der Waals surface area (Å²) in [5.74, 6) is 0.793. The number of ether oxygens (including phenoxy) is 2. The Morgan fingerprint density at radius 1 is 1.09 bits per heavy atom. The van der Waals surface area contributed by atoms with Crippen molar-refractivity contribution in [1.29, 1.82) is 0 Å². The Hall–Kier alpha value is -3.74. The van der Waals surface area contributed by atoms with Gasteiger partial charge in [-0.25, -0.2) is 19.2 Å². The van der Waals surface area contributed by atoms with Crippen LogP contribution in [0.2, 0.25) is 0 Å². The first-order valence-corrected chi connectivity index (χ1v) is 10.3. The predicted octanol–water partition coefficient (Wildman–Crippen LogP) is 4.86. The van der Waals surface area contributed by atoms with E-state index < -0.39 is 11.2 Å². The van der Waals surface area contributed by atoms with Crippen LogP contribution in [0.4, 0.5) is 4.39 Å². The lowest BCUT2D eigenvalue weighted by Crippen LogP contribution is -2.49. The minimum atomic E-state index is -0.660. The number of nitrogens with zero attached hydrogens (tertiary/aromatic N) is 2. The minimum Gasteiger partial charge on any atom is -0.484 e. The molecule has 0 amide bonds. The fraction of sp³-hybridized carbons (Fsp3) is 0.240. The van der Waals surface area contributed by atoms with Gasteiger partial charge in [0.2, 0.25) is 5.88 Å². The maximum absolute atomic E-state index is 13.5. The molecule has 6 nitrogen and oxygen atoms in total. The largest absolute Gasteiger partial charge is 0.484 e. The second kappa shape index (κ2) is 7.44. The van der Waals surface area contributed by atoms with Crippen molar-refractivity contribution < 1.29 is 18.3 Å². The molecule has 0 saturated carbocycles. The third-order valence-electron chi connectivity index (χ3n) is 5.73. The quantitative estimate of drug-likeness (QED) is 0.431. The van der Waals surface area contributed by atoms with E-state index in [1.165, 1.54) is 24.5 Å². The van der Waals surface area contributed by atoms with Crippen molar-refractivity contribution in [1.82, 2.24) is 9.97 Å². The molecule has 2 aromatic carbocycles. The van der Waals surface area contributed by atoms with E-state index in [2.05, 4.69) is 9.97 Å². The molecule has 1 aliphatic rings. The Kier molecular flexibility index (Phi) is 4.69. The fourth-order valence-electron chi connectivity index (χ4n) is 3.99. The number of hydrogen-bond acceptors (Lipinski definition) is 6. The molecular formula is C25H21FN2O4. The molecule has 32 heavy (non-hydrogen) atoms. The van der Waals surface area contributed by atoms with E-state index >= 15 is 0 Å². The van der Waals surface area contributed by atoms with E-state index in [-0.39, 0.29) is 11.9 Å². The average molecular weight is 432 g/mol. The number of hydrogen-bond donors (Lipinski definition) is 0. The maximum Gasteiger partial charge on any atom is 0.336 e.